The zero-order chi connectivity index (χ0) is 17.7. The highest BCUT2D eigenvalue weighted by molar-refractivity contribution is 7.89. The van der Waals surface area contributed by atoms with Crippen LogP contribution in [0.1, 0.15) is 29.7 Å². The summed E-state index contributed by atoms with van der Waals surface area (Å²) < 4.78 is 35.6. The standard InChI is InChI=1S/C18H22O5S/c1-13(19)17-7-5-4-6-14(17)11-24(20,21)12-15-8-9-16(22-2)10-18(15)23-3/h4-10,13,19H,11-12H2,1-3H3. The van der Waals surface area contributed by atoms with Crippen molar-refractivity contribution in [2.75, 3.05) is 14.2 Å². The smallest absolute Gasteiger partial charge is 0.158 e. The molecule has 1 unspecified atom stereocenters. The molecular weight excluding hydrogens is 328 g/mol. The number of hydrogen-bond acceptors (Lipinski definition) is 5. The number of ether oxygens (including phenoxy) is 2. The molecule has 2 aromatic rings. The first-order valence-corrected chi connectivity index (χ1v) is 9.35. The normalized spacial score (nSPS) is 12.7. The van der Waals surface area contributed by atoms with E-state index in [-0.39, 0.29) is 11.5 Å². The molecule has 0 aliphatic heterocycles. The molecule has 0 saturated heterocycles. The van der Waals surface area contributed by atoms with E-state index in [0.717, 1.165) is 0 Å². The summed E-state index contributed by atoms with van der Waals surface area (Å²) >= 11 is 0. The van der Waals surface area contributed by atoms with E-state index in [4.69, 9.17) is 9.47 Å². The van der Waals surface area contributed by atoms with E-state index >= 15 is 0 Å². The summed E-state index contributed by atoms with van der Waals surface area (Å²) in [6, 6.07) is 12.1. The molecular formula is C18H22O5S. The van der Waals surface area contributed by atoms with Crippen molar-refractivity contribution in [2.45, 2.75) is 24.5 Å². The van der Waals surface area contributed by atoms with Crippen LogP contribution in [0.3, 0.4) is 0 Å². The first kappa shape index (κ1) is 18.3. The number of hydrogen-bond donors (Lipinski definition) is 1. The van der Waals surface area contributed by atoms with Gasteiger partial charge in [0.1, 0.15) is 11.5 Å². The van der Waals surface area contributed by atoms with Gasteiger partial charge in [0.15, 0.2) is 9.84 Å². The van der Waals surface area contributed by atoms with Crippen molar-refractivity contribution in [3.63, 3.8) is 0 Å². The molecule has 0 saturated carbocycles. The summed E-state index contributed by atoms with van der Waals surface area (Å²) in [5.41, 5.74) is 1.82. The maximum absolute atomic E-state index is 12.6. The van der Waals surface area contributed by atoms with Gasteiger partial charge in [0, 0.05) is 11.6 Å². The molecule has 1 N–H and O–H groups in total. The van der Waals surface area contributed by atoms with Crippen LogP contribution in [-0.4, -0.2) is 27.7 Å². The highest BCUT2D eigenvalue weighted by Gasteiger charge is 2.19. The summed E-state index contributed by atoms with van der Waals surface area (Å²) in [4.78, 5) is 0. The predicted molar refractivity (Wildman–Crippen MR) is 92.9 cm³/mol. The summed E-state index contributed by atoms with van der Waals surface area (Å²) in [6.07, 6.45) is -0.716. The monoisotopic (exact) mass is 350 g/mol. The fourth-order valence-corrected chi connectivity index (χ4v) is 4.12. The van der Waals surface area contributed by atoms with Crippen molar-refractivity contribution < 1.29 is 23.0 Å². The molecule has 0 aliphatic carbocycles. The van der Waals surface area contributed by atoms with Gasteiger partial charge in [-0.2, -0.15) is 0 Å². The predicted octanol–water partition coefficient (Wildman–Crippen LogP) is 2.87. The molecule has 2 rings (SSSR count). The number of rotatable bonds is 7. The molecule has 24 heavy (non-hydrogen) atoms. The summed E-state index contributed by atoms with van der Waals surface area (Å²) in [5.74, 6) is 0.798. The number of sulfone groups is 1. The lowest BCUT2D eigenvalue weighted by atomic mass is 10.1. The van der Waals surface area contributed by atoms with Crippen molar-refractivity contribution in [3.8, 4) is 11.5 Å². The Labute approximate surface area is 142 Å². The molecule has 0 heterocycles. The Kier molecular flexibility index (Phi) is 5.85. The van der Waals surface area contributed by atoms with Crippen molar-refractivity contribution in [2.24, 2.45) is 0 Å². The van der Waals surface area contributed by atoms with Crippen LogP contribution in [0.15, 0.2) is 42.5 Å². The third-order valence-electron chi connectivity index (χ3n) is 3.75. The van der Waals surface area contributed by atoms with Crippen LogP contribution in [0.4, 0.5) is 0 Å². The second kappa shape index (κ2) is 7.68. The minimum absolute atomic E-state index is 0.136. The van der Waals surface area contributed by atoms with Gasteiger partial charge in [-0.3, -0.25) is 0 Å². The van der Waals surface area contributed by atoms with E-state index < -0.39 is 15.9 Å². The van der Waals surface area contributed by atoms with Gasteiger partial charge in [0.05, 0.1) is 31.8 Å². The zero-order valence-corrected chi connectivity index (χ0v) is 14.8. The number of methoxy groups -OCH3 is 2. The fourth-order valence-electron chi connectivity index (χ4n) is 2.57. The Hall–Kier alpha value is -2.05. The summed E-state index contributed by atoms with van der Waals surface area (Å²) in [6.45, 7) is 1.62. The van der Waals surface area contributed by atoms with Crippen LogP contribution in [0.2, 0.25) is 0 Å². The Morgan fingerprint density at radius 2 is 1.67 bits per heavy atom. The van der Waals surface area contributed by atoms with Gasteiger partial charge in [-0.25, -0.2) is 8.42 Å². The molecule has 6 heteroatoms. The maximum Gasteiger partial charge on any atom is 0.158 e. The SMILES string of the molecule is COc1ccc(CS(=O)(=O)Cc2ccccc2C(C)O)c(OC)c1. The maximum atomic E-state index is 12.6. The molecule has 0 aliphatic rings. The van der Waals surface area contributed by atoms with Gasteiger partial charge in [0.2, 0.25) is 0 Å². The molecule has 0 fully saturated rings. The second-order valence-electron chi connectivity index (χ2n) is 5.58. The van der Waals surface area contributed by atoms with Crippen molar-refractivity contribution in [1.29, 1.82) is 0 Å². The molecule has 5 nitrogen and oxygen atoms in total. The van der Waals surface area contributed by atoms with E-state index in [1.807, 2.05) is 0 Å². The van der Waals surface area contributed by atoms with E-state index in [9.17, 15) is 13.5 Å². The third-order valence-corrected chi connectivity index (χ3v) is 5.25. The first-order valence-electron chi connectivity index (χ1n) is 7.53. The van der Waals surface area contributed by atoms with E-state index in [1.165, 1.54) is 14.2 Å². The lowest BCUT2D eigenvalue weighted by Gasteiger charge is -2.14. The molecule has 1 atom stereocenters. The van der Waals surface area contributed by atoms with Crippen molar-refractivity contribution in [1.82, 2.24) is 0 Å². The Morgan fingerprint density at radius 3 is 2.29 bits per heavy atom. The van der Waals surface area contributed by atoms with Crippen LogP contribution in [-0.2, 0) is 21.3 Å². The number of aliphatic hydroxyl groups excluding tert-OH is 1. The van der Waals surface area contributed by atoms with Crippen LogP contribution in [0.25, 0.3) is 0 Å². The average molecular weight is 350 g/mol. The molecule has 0 spiro atoms. The van der Waals surface area contributed by atoms with E-state index in [1.54, 1.807) is 49.4 Å². The van der Waals surface area contributed by atoms with Crippen LogP contribution < -0.4 is 9.47 Å². The Morgan fingerprint density at radius 1 is 1.00 bits per heavy atom. The number of aliphatic hydroxyl groups is 1. The molecule has 0 amide bonds. The van der Waals surface area contributed by atoms with Gasteiger partial charge >= 0.3 is 0 Å². The Bertz CT molecular complexity index is 797. The summed E-state index contributed by atoms with van der Waals surface area (Å²) in [5, 5.41) is 9.80. The third kappa shape index (κ3) is 4.49. The zero-order valence-electron chi connectivity index (χ0n) is 14.0. The molecule has 0 bridgehead atoms. The Balaban J connectivity index is 2.27. The van der Waals surface area contributed by atoms with Gasteiger partial charge in [-0.15, -0.1) is 0 Å². The molecule has 2 aromatic carbocycles. The topological polar surface area (TPSA) is 72.8 Å². The summed E-state index contributed by atoms with van der Waals surface area (Å²) in [7, 11) is -0.394. The highest BCUT2D eigenvalue weighted by Crippen LogP contribution is 2.28. The number of benzene rings is 2. The molecule has 0 radical (unpaired) electrons. The largest absolute Gasteiger partial charge is 0.497 e. The van der Waals surface area contributed by atoms with E-state index in [2.05, 4.69) is 0 Å². The molecule has 0 aromatic heterocycles. The van der Waals surface area contributed by atoms with Gasteiger partial charge in [-0.05, 0) is 24.1 Å². The minimum Gasteiger partial charge on any atom is -0.497 e. The van der Waals surface area contributed by atoms with Gasteiger partial charge < -0.3 is 14.6 Å². The quantitative estimate of drug-likeness (QED) is 0.831. The van der Waals surface area contributed by atoms with Crippen LogP contribution >= 0.6 is 0 Å². The lowest BCUT2D eigenvalue weighted by molar-refractivity contribution is 0.198. The second-order valence-corrected chi connectivity index (χ2v) is 7.65. The van der Waals surface area contributed by atoms with E-state index in [0.29, 0.717) is 28.2 Å². The highest BCUT2D eigenvalue weighted by atomic mass is 32.2. The average Bonchev–Trinajstić information content (AvgIpc) is 2.54. The van der Waals surface area contributed by atoms with Crippen LogP contribution in [0.5, 0.6) is 11.5 Å². The van der Waals surface area contributed by atoms with Crippen molar-refractivity contribution >= 4 is 9.84 Å². The minimum atomic E-state index is -3.43. The fraction of sp³-hybridized carbons (Fsp3) is 0.333. The van der Waals surface area contributed by atoms with Gasteiger partial charge in [0.25, 0.3) is 0 Å². The first-order chi connectivity index (χ1) is 11.4. The van der Waals surface area contributed by atoms with Crippen molar-refractivity contribution in [3.05, 3.63) is 59.2 Å². The lowest BCUT2D eigenvalue weighted by Crippen LogP contribution is -2.11. The molecule has 130 valence electrons. The van der Waals surface area contributed by atoms with Gasteiger partial charge in [-0.1, -0.05) is 30.3 Å². The van der Waals surface area contributed by atoms with Crippen LogP contribution in [0, 0.1) is 0 Å².